The zero-order chi connectivity index (χ0) is 23.9. The number of fused-ring (bicyclic) bond motifs is 2. The maximum absolute atomic E-state index is 12.2. The lowest BCUT2D eigenvalue weighted by atomic mass is 9.33. The summed E-state index contributed by atoms with van der Waals surface area (Å²) in [6.45, 7) is 13.3. The topological polar surface area (TPSA) is 41.9 Å². The first-order chi connectivity index (χ1) is 16.0. The van der Waals surface area contributed by atoms with Gasteiger partial charge < -0.3 is 14.6 Å². The molecule has 0 aromatic heterocycles. The Balaban J connectivity index is 1.47. The lowest BCUT2D eigenvalue weighted by Gasteiger charge is -2.75. The summed E-state index contributed by atoms with van der Waals surface area (Å²) >= 11 is 0. The highest BCUT2D eigenvalue weighted by Crippen LogP contribution is 2.77. The number of likely N-dealkylation sites (tertiary alicyclic amines) is 1. The molecule has 8 rings (SSSR count). The van der Waals surface area contributed by atoms with Gasteiger partial charge in [-0.15, -0.1) is 0 Å². The number of aliphatic hydroxyl groups is 1. The van der Waals surface area contributed by atoms with E-state index in [-0.39, 0.29) is 28.3 Å². The Kier molecular flexibility index (Phi) is 4.18. The van der Waals surface area contributed by atoms with E-state index >= 15 is 0 Å². The number of hydrogen-bond donors (Lipinski definition) is 1. The van der Waals surface area contributed by atoms with E-state index in [1.807, 2.05) is 7.11 Å². The van der Waals surface area contributed by atoms with Gasteiger partial charge in [0.05, 0.1) is 5.60 Å². The molecule has 0 radical (unpaired) electrons. The second-order valence-corrected chi connectivity index (χ2v) is 14.1. The van der Waals surface area contributed by atoms with Crippen molar-refractivity contribution in [3.63, 3.8) is 0 Å². The summed E-state index contributed by atoms with van der Waals surface area (Å²) in [6, 6.07) is 5.24. The summed E-state index contributed by atoms with van der Waals surface area (Å²) in [5.41, 5.74) is 2.95. The molecule has 2 heterocycles. The van der Waals surface area contributed by atoms with Crippen LogP contribution in [0.3, 0.4) is 0 Å². The van der Waals surface area contributed by atoms with Crippen LogP contribution < -0.4 is 4.74 Å². The van der Waals surface area contributed by atoms with Crippen LogP contribution in [-0.4, -0.2) is 53.6 Å². The Hall–Kier alpha value is -1.10. The van der Waals surface area contributed by atoms with Crippen LogP contribution >= 0.6 is 0 Å². The first-order valence-electron chi connectivity index (χ1n) is 13.8. The van der Waals surface area contributed by atoms with Gasteiger partial charge in [0, 0.05) is 42.0 Å². The Labute approximate surface area is 205 Å². The molecule has 7 atom stereocenters. The van der Waals surface area contributed by atoms with Crippen molar-refractivity contribution in [2.75, 3.05) is 20.2 Å². The number of rotatable bonds is 4. The molecule has 1 aromatic carbocycles. The smallest absolute Gasteiger partial charge is 0.138 e. The molecular formula is C30H43NO3. The minimum absolute atomic E-state index is 0.00736. The van der Waals surface area contributed by atoms with E-state index in [0.29, 0.717) is 6.04 Å². The van der Waals surface area contributed by atoms with Gasteiger partial charge in [0.1, 0.15) is 17.5 Å². The van der Waals surface area contributed by atoms with Crippen molar-refractivity contribution >= 4 is 0 Å². The van der Waals surface area contributed by atoms with Crippen molar-refractivity contribution in [1.82, 2.24) is 4.90 Å². The van der Waals surface area contributed by atoms with Gasteiger partial charge in [-0.2, -0.15) is 0 Å². The number of piperidine rings is 1. The Bertz CT molecular complexity index is 1050. The van der Waals surface area contributed by atoms with Gasteiger partial charge in [-0.3, -0.25) is 4.90 Å². The number of benzene rings is 1. The summed E-state index contributed by atoms with van der Waals surface area (Å²) in [7, 11) is 1.89. The van der Waals surface area contributed by atoms with Gasteiger partial charge >= 0.3 is 0 Å². The second-order valence-electron chi connectivity index (χ2n) is 14.1. The van der Waals surface area contributed by atoms with Crippen LogP contribution in [0.1, 0.15) is 82.9 Å². The summed E-state index contributed by atoms with van der Waals surface area (Å²) in [5.74, 6) is 2.10. The minimum Gasteiger partial charge on any atom is -0.486 e. The predicted octanol–water partition coefficient (Wildman–Crippen LogP) is 5.02. The zero-order valence-electron chi connectivity index (χ0n) is 22.0. The molecule has 0 amide bonds. The number of nitrogens with zero attached hydrogens (tertiary/aromatic N) is 1. The van der Waals surface area contributed by atoms with Crippen molar-refractivity contribution in [1.29, 1.82) is 0 Å². The summed E-state index contributed by atoms with van der Waals surface area (Å²) in [4.78, 5) is 2.88. The number of ether oxygens (including phenoxy) is 2. The summed E-state index contributed by atoms with van der Waals surface area (Å²) in [6.07, 6.45) is 8.33. The van der Waals surface area contributed by atoms with E-state index in [1.165, 1.54) is 55.5 Å². The zero-order valence-corrected chi connectivity index (χ0v) is 22.0. The monoisotopic (exact) mass is 465 g/mol. The molecule has 4 saturated carbocycles. The first kappa shape index (κ1) is 22.1. The van der Waals surface area contributed by atoms with Crippen molar-refractivity contribution < 1.29 is 14.6 Å². The molecule has 4 heteroatoms. The molecule has 186 valence electrons. The fourth-order valence-electron chi connectivity index (χ4n) is 9.73. The van der Waals surface area contributed by atoms with Gasteiger partial charge in [-0.25, -0.2) is 0 Å². The molecule has 2 spiro atoms. The fraction of sp³-hybridized carbons (Fsp3) is 0.800. The van der Waals surface area contributed by atoms with E-state index in [9.17, 15) is 5.11 Å². The van der Waals surface area contributed by atoms with Crippen molar-refractivity contribution in [3.05, 3.63) is 28.8 Å². The number of methoxy groups -OCH3 is 1. The van der Waals surface area contributed by atoms with Crippen molar-refractivity contribution in [2.45, 2.75) is 108 Å². The van der Waals surface area contributed by atoms with Crippen LogP contribution in [0.25, 0.3) is 0 Å². The number of aryl methyl sites for hydroxylation is 1. The van der Waals surface area contributed by atoms with Gasteiger partial charge in [0.15, 0.2) is 0 Å². The van der Waals surface area contributed by atoms with Crippen LogP contribution in [0.4, 0.5) is 0 Å². The average molecular weight is 466 g/mol. The predicted molar refractivity (Wildman–Crippen MR) is 133 cm³/mol. The molecule has 5 aliphatic carbocycles. The van der Waals surface area contributed by atoms with Crippen molar-refractivity contribution in [2.24, 2.45) is 22.7 Å². The van der Waals surface area contributed by atoms with Crippen LogP contribution in [0, 0.1) is 29.6 Å². The van der Waals surface area contributed by atoms with Crippen LogP contribution in [0.2, 0.25) is 0 Å². The molecule has 7 aliphatic rings. The van der Waals surface area contributed by atoms with E-state index in [4.69, 9.17) is 9.47 Å². The highest BCUT2D eigenvalue weighted by Gasteiger charge is 2.82. The Morgan fingerprint density at radius 2 is 1.91 bits per heavy atom. The lowest BCUT2D eigenvalue weighted by molar-refractivity contribution is -0.312. The molecule has 0 unspecified atom stereocenters. The summed E-state index contributed by atoms with van der Waals surface area (Å²) < 4.78 is 13.8. The van der Waals surface area contributed by atoms with E-state index in [1.54, 1.807) is 0 Å². The van der Waals surface area contributed by atoms with E-state index in [0.717, 1.165) is 30.9 Å². The van der Waals surface area contributed by atoms with Crippen LogP contribution in [-0.2, 0) is 16.6 Å². The molecule has 2 aliphatic heterocycles. The highest BCUT2D eigenvalue weighted by atomic mass is 16.6. The molecule has 1 saturated heterocycles. The van der Waals surface area contributed by atoms with E-state index < -0.39 is 11.2 Å². The van der Waals surface area contributed by atoms with Gasteiger partial charge in [0.2, 0.25) is 0 Å². The molecule has 1 aromatic rings. The Morgan fingerprint density at radius 3 is 2.59 bits per heavy atom. The maximum Gasteiger partial charge on any atom is 0.138 e. The largest absolute Gasteiger partial charge is 0.486 e. The third-order valence-electron chi connectivity index (χ3n) is 12.1. The maximum atomic E-state index is 12.2. The molecule has 4 bridgehead atoms. The fourth-order valence-corrected chi connectivity index (χ4v) is 9.73. The standard InChI is InChI=1S/C30H43NO3/c1-18-7-10-20-15-22-28-11-12-30(33-6,21(16-28)27(5,32)26(2,3)4)25-29(28,23(20)24(18)34-25)13-14-31(22)17-19-8-9-19/h7,10,19,21-22,25,32H,8-9,11-17H2,1-6H3/t21-,22-,25-,27-,28-,29+,30+/m1/s1. The average Bonchev–Trinajstić information content (AvgIpc) is 3.53. The van der Waals surface area contributed by atoms with Crippen LogP contribution in [0.15, 0.2) is 12.1 Å². The highest BCUT2D eigenvalue weighted by molar-refractivity contribution is 5.61. The normalized spacial score (nSPS) is 43.9. The van der Waals surface area contributed by atoms with Crippen LogP contribution in [0.5, 0.6) is 5.75 Å². The molecule has 34 heavy (non-hydrogen) atoms. The third-order valence-corrected chi connectivity index (χ3v) is 12.1. The van der Waals surface area contributed by atoms with Gasteiger partial charge in [-0.1, -0.05) is 32.9 Å². The van der Waals surface area contributed by atoms with E-state index in [2.05, 4.69) is 51.7 Å². The van der Waals surface area contributed by atoms with Gasteiger partial charge in [0.25, 0.3) is 0 Å². The molecular weight excluding hydrogens is 422 g/mol. The lowest BCUT2D eigenvalue weighted by Crippen LogP contribution is -2.83. The third kappa shape index (κ3) is 2.29. The van der Waals surface area contributed by atoms with Gasteiger partial charge in [-0.05, 0) is 87.8 Å². The molecule has 1 N–H and O–H groups in total. The SMILES string of the molecule is CO[C@@]12CC[C@@]3(C[C@@H]1[C@@](C)(O)C(C)(C)C)[C@H]1Cc4ccc(C)c5c4[C@@]3(CCN1CC1CC1)[C@H]2O5. The quantitative estimate of drug-likeness (QED) is 0.678. The molecule has 4 nitrogen and oxygen atoms in total. The summed E-state index contributed by atoms with van der Waals surface area (Å²) in [5, 5.41) is 12.2. The number of hydrogen-bond acceptors (Lipinski definition) is 4. The minimum atomic E-state index is -0.846. The Morgan fingerprint density at radius 1 is 1.15 bits per heavy atom. The van der Waals surface area contributed by atoms with Crippen molar-refractivity contribution in [3.8, 4) is 5.75 Å². The first-order valence-corrected chi connectivity index (χ1v) is 13.8. The molecule has 5 fully saturated rings. The second kappa shape index (κ2) is 6.42.